The highest BCUT2D eigenvalue weighted by Gasteiger charge is 2.21. The first-order valence-electron chi connectivity index (χ1n) is 7.57. The molecule has 4 nitrogen and oxygen atoms in total. The lowest BCUT2D eigenvalue weighted by atomic mass is 10.1. The fourth-order valence-corrected chi connectivity index (χ4v) is 2.59. The minimum absolute atomic E-state index is 0.0893. The molecule has 1 atom stereocenters. The van der Waals surface area contributed by atoms with Gasteiger partial charge in [-0.2, -0.15) is 0 Å². The summed E-state index contributed by atoms with van der Waals surface area (Å²) in [6.45, 7) is 6.97. The summed E-state index contributed by atoms with van der Waals surface area (Å²) in [5.74, 6) is 0.862. The molecule has 0 bridgehead atoms. The number of hydrogen-bond donors (Lipinski definition) is 1. The van der Waals surface area contributed by atoms with Crippen molar-refractivity contribution in [1.29, 1.82) is 0 Å². The zero-order valence-corrected chi connectivity index (χ0v) is 13.0. The maximum atomic E-state index is 9.70. The number of anilines is 1. The Morgan fingerprint density at radius 3 is 2.52 bits per heavy atom. The Morgan fingerprint density at radius 1 is 1.24 bits per heavy atom. The summed E-state index contributed by atoms with van der Waals surface area (Å²) in [4.78, 5) is 2.23. The largest absolute Gasteiger partial charge is 0.394 e. The molecule has 0 saturated carbocycles. The summed E-state index contributed by atoms with van der Waals surface area (Å²) < 4.78 is 5.33. The van der Waals surface area contributed by atoms with Crippen molar-refractivity contribution in [3.05, 3.63) is 47.3 Å². The summed E-state index contributed by atoms with van der Waals surface area (Å²) in [5.41, 5.74) is 3.25. The Labute approximate surface area is 126 Å². The van der Waals surface area contributed by atoms with Gasteiger partial charge in [-0.05, 0) is 31.9 Å². The second-order valence-corrected chi connectivity index (χ2v) is 5.23. The van der Waals surface area contributed by atoms with E-state index in [1.54, 1.807) is 0 Å². The Balaban J connectivity index is 2.34. The standard InChI is InChI=1S/C17H24N2O2/c1-4-14(12-20)19(15-9-7-6-8-10-15)11-16-13(3)21-18-17(16)5-2/h6-10,14,20H,4-5,11-12H2,1-3H3. The number of aliphatic hydroxyl groups is 1. The molecule has 0 amide bonds. The highest BCUT2D eigenvalue weighted by molar-refractivity contribution is 5.48. The van der Waals surface area contributed by atoms with E-state index in [0.29, 0.717) is 6.54 Å². The molecule has 0 fully saturated rings. The van der Waals surface area contributed by atoms with Gasteiger partial charge in [-0.3, -0.25) is 0 Å². The Bertz CT molecular complexity index is 547. The molecule has 114 valence electrons. The van der Waals surface area contributed by atoms with E-state index in [1.807, 2.05) is 25.1 Å². The first kappa shape index (κ1) is 15.6. The van der Waals surface area contributed by atoms with E-state index in [2.05, 4.69) is 36.0 Å². The van der Waals surface area contributed by atoms with Gasteiger partial charge in [0.15, 0.2) is 0 Å². The van der Waals surface area contributed by atoms with Crippen LogP contribution in [0.5, 0.6) is 0 Å². The van der Waals surface area contributed by atoms with E-state index >= 15 is 0 Å². The van der Waals surface area contributed by atoms with Crippen molar-refractivity contribution >= 4 is 5.69 Å². The van der Waals surface area contributed by atoms with Crippen molar-refractivity contribution in [1.82, 2.24) is 5.16 Å². The lowest BCUT2D eigenvalue weighted by molar-refractivity contribution is 0.255. The zero-order valence-electron chi connectivity index (χ0n) is 13.0. The van der Waals surface area contributed by atoms with Crippen LogP contribution in [0.25, 0.3) is 0 Å². The number of aromatic nitrogens is 1. The predicted octanol–water partition coefficient (Wildman–Crippen LogP) is 3.32. The van der Waals surface area contributed by atoms with E-state index in [9.17, 15) is 5.11 Å². The fraction of sp³-hybridized carbons (Fsp3) is 0.471. The fourth-order valence-electron chi connectivity index (χ4n) is 2.59. The highest BCUT2D eigenvalue weighted by Crippen LogP contribution is 2.24. The van der Waals surface area contributed by atoms with E-state index in [0.717, 1.165) is 35.5 Å². The van der Waals surface area contributed by atoms with Crippen LogP contribution in [0.15, 0.2) is 34.9 Å². The van der Waals surface area contributed by atoms with Gasteiger partial charge in [-0.15, -0.1) is 0 Å². The van der Waals surface area contributed by atoms with Crippen LogP contribution in [0.4, 0.5) is 5.69 Å². The van der Waals surface area contributed by atoms with Crippen molar-refractivity contribution < 1.29 is 9.63 Å². The van der Waals surface area contributed by atoms with Gasteiger partial charge in [-0.25, -0.2) is 0 Å². The predicted molar refractivity (Wildman–Crippen MR) is 84.4 cm³/mol. The second-order valence-electron chi connectivity index (χ2n) is 5.23. The SMILES string of the molecule is CCc1noc(C)c1CN(c1ccccc1)C(CC)CO. The lowest BCUT2D eigenvalue weighted by Crippen LogP contribution is -2.37. The van der Waals surface area contributed by atoms with Crippen LogP contribution in [-0.4, -0.2) is 22.9 Å². The smallest absolute Gasteiger partial charge is 0.138 e. The lowest BCUT2D eigenvalue weighted by Gasteiger charge is -2.32. The molecule has 0 radical (unpaired) electrons. The van der Waals surface area contributed by atoms with Gasteiger partial charge < -0.3 is 14.5 Å². The van der Waals surface area contributed by atoms with Crippen molar-refractivity contribution in [2.75, 3.05) is 11.5 Å². The van der Waals surface area contributed by atoms with Gasteiger partial charge in [-0.1, -0.05) is 37.2 Å². The van der Waals surface area contributed by atoms with Crippen LogP contribution in [-0.2, 0) is 13.0 Å². The average Bonchev–Trinajstić information content (AvgIpc) is 2.88. The van der Waals surface area contributed by atoms with Gasteiger partial charge in [0.25, 0.3) is 0 Å². The van der Waals surface area contributed by atoms with Gasteiger partial charge in [0, 0.05) is 17.8 Å². The zero-order chi connectivity index (χ0) is 15.2. The Hall–Kier alpha value is -1.81. The van der Waals surface area contributed by atoms with E-state index in [1.165, 1.54) is 0 Å². The van der Waals surface area contributed by atoms with Crippen molar-refractivity contribution in [2.24, 2.45) is 0 Å². The maximum Gasteiger partial charge on any atom is 0.138 e. The van der Waals surface area contributed by atoms with Gasteiger partial charge in [0.05, 0.1) is 18.3 Å². The average molecular weight is 288 g/mol. The molecule has 2 aromatic rings. The molecule has 0 spiro atoms. The molecule has 1 aromatic carbocycles. The number of para-hydroxylation sites is 1. The number of nitrogens with zero attached hydrogens (tertiary/aromatic N) is 2. The van der Waals surface area contributed by atoms with Crippen LogP contribution in [0.1, 0.15) is 37.3 Å². The van der Waals surface area contributed by atoms with E-state index < -0.39 is 0 Å². The molecular formula is C17H24N2O2. The molecule has 1 aromatic heterocycles. The summed E-state index contributed by atoms with van der Waals surface area (Å²) in [6.07, 6.45) is 1.74. The molecule has 1 heterocycles. The van der Waals surface area contributed by atoms with E-state index in [4.69, 9.17) is 4.52 Å². The maximum absolute atomic E-state index is 9.70. The monoisotopic (exact) mass is 288 g/mol. The second kappa shape index (κ2) is 7.27. The summed E-state index contributed by atoms with van der Waals surface area (Å²) in [5, 5.41) is 13.8. The number of hydrogen-bond acceptors (Lipinski definition) is 4. The van der Waals surface area contributed by atoms with Crippen LogP contribution < -0.4 is 4.90 Å². The molecule has 0 aliphatic heterocycles. The number of aryl methyl sites for hydroxylation is 2. The third kappa shape index (κ3) is 3.45. The molecular weight excluding hydrogens is 264 g/mol. The summed E-state index contributed by atoms with van der Waals surface area (Å²) in [7, 11) is 0. The molecule has 0 saturated heterocycles. The molecule has 21 heavy (non-hydrogen) atoms. The molecule has 4 heteroatoms. The summed E-state index contributed by atoms with van der Waals surface area (Å²) in [6, 6.07) is 10.3. The summed E-state index contributed by atoms with van der Waals surface area (Å²) >= 11 is 0. The van der Waals surface area contributed by atoms with Crippen LogP contribution in [0.3, 0.4) is 0 Å². The highest BCUT2D eigenvalue weighted by atomic mass is 16.5. The van der Waals surface area contributed by atoms with Crippen molar-refractivity contribution in [3.63, 3.8) is 0 Å². The first-order valence-corrected chi connectivity index (χ1v) is 7.57. The normalized spacial score (nSPS) is 12.4. The Kier molecular flexibility index (Phi) is 5.39. The van der Waals surface area contributed by atoms with Crippen LogP contribution in [0, 0.1) is 6.92 Å². The number of benzene rings is 1. The topological polar surface area (TPSA) is 49.5 Å². The van der Waals surface area contributed by atoms with Crippen LogP contribution in [0.2, 0.25) is 0 Å². The van der Waals surface area contributed by atoms with Crippen molar-refractivity contribution in [2.45, 2.75) is 46.2 Å². The molecule has 1 unspecified atom stereocenters. The molecule has 0 aliphatic rings. The number of rotatable bonds is 7. The number of aliphatic hydroxyl groups excluding tert-OH is 1. The van der Waals surface area contributed by atoms with Crippen molar-refractivity contribution in [3.8, 4) is 0 Å². The first-order chi connectivity index (χ1) is 10.2. The Morgan fingerprint density at radius 2 is 1.95 bits per heavy atom. The molecule has 1 N–H and O–H groups in total. The van der Waals surface area contributed by atoms with Crippen LogP contribution >= 0.6 is 0 Å². The minimum atomic E-state index is 0.0893. The van der Waals surface area contributed by atoms with Gasteiger partial charge >= 0.3 is 0 Å². The molecule has 2 rings (SSSR count). The third-order valence-electron chi connectivity index (χ3n) is 3.94. The molecule has 0 aliphatic carbocycles. The quantitative estimate of drug-likeness (QED) is 0.849. The minimum Gasteiger partial charge on any atom is -0.394 e. The van der Waals surface area contributed by atoms with Gasteiger partial charge in [0.2, 0.25) is 0 Å². The third-order valence-corrected chi connectivity index (χ3v) is 3.94. The van der Waals surface area contributed by atoms with E-state index in [-0.39, 0.29) is 12.6 Å². The van der Waals surface area contributed by atoms with Gasteiger partial charge in [0.1, 0.15) is 5.76 Å².